The van der Waals surface area contributed by atoms with Crippen LogP contribution in [0.15, 0.2) is 0 Å². The largest absolute Gasteiger partial charge is 0.389 e. The average Bonchev–Trinajstić information content (AvgIpc) is 2.17. The molecule has 1 aliphatic rings. The van der Waals surface area contributed by atoms with Crippen LogP contribution in [0.3, 0.4) is 0 Å². The number of hydrogen-bond acceptors (Lipinski definition) is 4. The van der Waals surface area contributed by atoms with Crippen LogP contribution in [0.1, 0.15) is 20.3 Å². The Hall–Kier alpha value is -0.160. The topological polar surface area (TPSA) is 44.7 Å². The van der Waals surface area contributed by atoms with E-state index < -0.39 is 5.60 Å². The van der Waals surface area contributed by atoms with E-state index >= 15 is 0 Å². The van der Waals surface area contributed by atoms with Gasteiger partial charge in [-0.3, -0.25) is 4.90 Å². The fourth-order valence-electron chi connectivity index (χ4n) is 1.65. The molecule has 1 heterocycles. The third-order valence-electron chi connectivity index (χ3n) is 2.49. The molecule has 1 aliphatic heterocycles. The van der Waals surface area contributed by atoms with Crippen molar-refractivity contribution in [3.05, 3.63) is 0 Å². The molecule has 4 heteroatoms. The van der Waals surface area contributed by atoms with Gasteiger partial charge in [-0.25, -0.2) is 0 Å². The smallest absolute Gasteiger partial charge is 0.0715 e. The van der Waals surface area contributed by atoms with Crippen LogP contribution in [0.2, 0.25) is 0 Å². The molecule has 1 fully saturated rings. The van der Waals surface area contributed by atoms with Crippen LogP contribution in [-0.2, 0) is 4.74 Å². The van der Waals surface area contributed by atoms with Crippen LogP contribution in [0.25, 0.3) is 0 Å². The van der Waals surface area contributed by atoms with Crippen LogP contribution in [-0.4, -0.2) is 61.5 Å². The zero-order chi connectivity index (χ0) is 11.1. The molecule has 0 radical (unpaired) electrons. The zero-order valence-electron chi connectivity index (χ0n) is 9.96. The van der Waals surface area contributed by atoms with Crippen LogP contribution in [0.4, 0.5) is 0 Å². The van der Waals surface area contributed by atoms with Crippen molar-refractivity contribution in [1.29, 1.82) is 0 Å². The van der Waals surface area contributed by atoms with E-state index in [-0.39, 0.29) is 0 Å². The van der Waals surface area contributed by atoms with Gasteiger partial charge in [-0.05, 0) is 33.4 Å². The number of hydrogen-bond donors (Lipinski definition) is 2. The first-order valence-corrected chi connectivity index (χ1v) is 5.81. The van der Waals surface area contributed by atoms with Gasteiger partial charge < -0.3 is 15.2 Å². The molecule has 1 saturated heterocycles. The van der Waals surface area contributed by atoms with E-state index in [9.17, 15) is 5.11 Å². The molecule has 90 valence electrons. The van der Waals surface area contributed by atoms with Crippen LogP contribution < -0.4 is 5.32 Å². The predicted octanol–water partition coefficient (Wildman–Crippen LogP) is 0.0692. The second-order valence-electron chi connectivity index (χ2n) is 4.80. The quantitative estimate of drug-likeness (QED) is 0.617. The fraction of sp³-hybridized carbons (Fsp3) is 1.00. The Bertz CT molecular complexity index is 162. The lowest BCUT2D eigenvalue weighted by Gasteiger charge is -2.26. The first-order valence-electron chi connectivity index (χ1n) is 5.81. The van der Waals surface area contributed by atoms with Gasteiger partial charge in [0.2, 0.25) is 0 Å². The molecule has 0 aromatic rings. The molecule has 0 unspecified atom stereocenters. The van der Waals surface area contributed by atoms with Crippen molar-refractivity contribution in [2.45, 2.75) is 25.9 Å². The highest BCUT2D eigenvalue weighted by Gasteiger charge is 2.11. The number of rotatable bonds is 6. The Morgan fingerprint density at radius 1 is 1.33 bits per heavy atom. The van der Waals surface area contributed by atoms with Crippen molar-refractivity contribution in [2.24, 2.45) is 0 Å². The average molecular weight is 216 g/mol. The minimum Gasteiger partial charge on any atom is -0.389 e. The maximum Gasteiger partial charge on any atom is 0.0715 e. The second-order valence-corrected chi connectivity index (χ2v) is 4.80. The fourth-order valence-corrected chi connectivity index (χ4v) is 1.65. The molecule has 0 aromatic heterocycles. The zero-order valence-corrected chi connectivity index (χ0v) is 9.96. The lowest BCUT2D eigenvalue weighted by molar-refractivity contribution is 0.0370. The molecule has 0 amide bonds. The van der Waals surface area contributed by atoms with Gasteiger partial charge in [0.05, 0.1) is 18.8 Å². The summed E-state index contributed by atoms with van der Waals surface area (Å²) in [6.45, 7) is 10.3. The number of aliphatic hydroxyl groups is 1. The van der Waals surface area contributed by atoms with Crippen molar-refractivity contribution in [3.8, 4) is 0 Å². The molecule has 0 aromatic carbocycles. The summed E-state index contributed by atoms with van der Waals surface area (Å²) in [5, 5.41) is 12.7. The molecule has 0 aliphatic carbocycles. The second kappa shape index (κ2) is 6.43. The van der Waals surface area contributed by atoms with Gasteiger partial charge in [0, 0.05) is 19.6 Å². The highest BCUT2D eigenvalue weighted by Crippen LogP contribution is 1.99. The van der Waals surface area contributed by atoms with Crippen molar-refractivity contribution >= 4 is 0 Å². The monoisotopic (exact) mass is 216 g/mol. The Balaban J connectivity index is 1.92. The Labute approximate surface area is 92.6 Å². The van der Waals surface area contributed by atoms with Crippen molar-refractivity contribution in [3.63, 3.8) is 0 Å². The molecule has 4 nitrogen and oxygen atoms in total. The highest BCUT2D eigenvalue weighted by atomic mass is 16.5. The summed E-state index contributed by atoms with van der Waals surface area (Å²) in [6, 6.07) is 0. The van der Waals surface area contributed by atoms with Crippen molar-refractivity contribution in [2.75, 3.05) is 45.9 Å². The number of morpholine rings is 1. The van der Waals surface area contributed by atoms with Crippen molar-refractivity contribution in [1.82, 2.24) is 10.2 Å². The van der Waals surface area contributed by atoms with Gasteiger partial charge in [-0.1, -0.05) is 0 Å². The standard InChI is InChI=1S/C11H24N2O2/c1-11(2,14)10-12-4-3-5-13-6-8-15-9-7-13/h12,14H,3-10H2,1-2H3. The summed E-state index contributed by atoms with van der Waals surface area (Å²) in [7, 11) is 0. The summed E-state index contributed by atoms with van der Waals surface area (Å²) in [6.07, 6.45) is 1.14. The summed E-state index contributed by atoms with van der Waals surface area (Å²) >= 11 is 0. The minimum atomic E-state index is -0.598. The van der Waals surface area contributed by atoms with Gasteiger partial charge in [0.25, 0.3) is 0 Å². The van der Waals surface area contributed by atoms with E-state index in [1.54, 1.807) is 0 Å². The van der Waals surface area contributed by atoms with E-state index in [4.69, 9.17) is 4.74 Å². The molecular formula is C11H24N2O2. The Morgan fingerprint density at radius 2 is 2.00 bits per heavy atom. The van der Waals surface area contributed by atoms with Crippen molar-refractivity contribution < 1.29 is 9.84 Å². The molecule has 1 rings (SSSR count). The van der Waals surface area contributed by atoms with Gasteiger partial charge in [-0.15, -0.1) is 0 Å². The first kappa shape index (κ1) is 12.9. The summed E-state index contributed by atoms with van der Waals surface area (Å²) in [4.78, 5) is 2.43. The molecule has 0 atom stereocenters. The van der Waals surface area contributed by atoms with Gasteiger partial charge >= 0.3 is 0 Å². The molecular weight excluding hydrogens is 192 g/mol. The van der Waals surface area contributed by atoms with Crippen LogP contribution in [0, 0.1) is 0 Å². The van der Waals surface area contributed by atoms with Gasteiger partial charge in [0.15, 0.2) is 0 Å². The predicted molar refractivity (Wildman–Crippen MR) is 61.0 cm³/mol. The Morgan fingerprint density at radius 3 is 2.60 bits per heavy atom. The number of ether oxygens (including phenoxy) is 1. The number of nitrogens with zero attached hydrogens (tertiary/aromatic N) is 1. The molecule has 0 saturated carbocycles. The maximum atomic E-state index is 9.48. The van der Waals surface area contributed by atoms with Gasteiger partial charge in [0.1, 0.15) is 0 Å². The minimum absolute atomic E-state index is 0.598. The van der Waals surface area contributed by atoms with Crippen LogP contribution in [0.5, 0.6) is 0 Å². The summed E-state index contributed by atoms with van der Waals surface area (Å²) in [5.74, 6) is 0. The van der Waals surface area contributed by atoms with E-state index in [1.165, 1.54) is 0 Å². The third kappa shape index (κ3) is 6.84. The lowest BCUT2D eigenvalue weighted by atomic mass is 10.1. The van der Waals surface area contributed by atoms with E-state index in [1.807, 2.05) is 13.8 Å². The maximum absolute atomic E-state index is 9.48. The van der Waals surface area contributed by atoms with Crippen LogP contribution >= 0.6 is 0 Å². The molecule has 0 bridgehead atoms. The normalized spacial score (nSPS) is 19.4. The van der Waals surface area contributed by atoms with E-state index in [2.05, 4.69) is 10.2 Å². The van der Waals surface area contributed by atoms with E-state index in [0.717, 1.165) is 45.8 Å². The molecule has 0 spiro atoms. The SMILES string of the molecule is CC(C)(O)CNCCCN1CCOCC1. The van der Waals surface area contributed by atoms with E-state index in [0.29, 0.717) is 6.54 Å². The first-order chi connectivity index (χ1) is 7.08. The number of nitrogens with one attached hydrogen (secondary N) is 1. The molecule has 2 N–H and O–H groups in total. The third-order valence-corrected chi connectivity index (χ3v) is 2.49. The summed E-state index contributed by atoms with van der Waals surface area (Å²) < 4.78 is 5.28. The summed E-state index contributed by atoms with van der Waals surface area (Å²) in [5.41, 5.74) is -0.598. The lowest BCUT2D eigenvalue weighted by Crippen LogP contribution is -2.39. The van der Waals surface area contributed by atoms with Gasteiger partial charge in [-0.2, -0.15) is 0 Å². The highest BCUT2D eigenvalue weighted by molar-refractivity contribution is 4.69. The Kier molecular flexibility index (Phi) is 5.53. The molecule has 15 heavy (non-hydrogen) atoms.